The molecule has 0 aliphatic rings. The van der Waals surface area contributed by atoms with Gasteiger partial charge in [0.15, 0.2) is 5.97 Å². The van der Waals surface area contributed by atoms with E-state index >= 15 is 0 Å². The molecule has 7 heavy (non-hydrogen) atoms. The van der Waals surface area contributed by atoms with Crippen LogP contribution in [-0.4, -0.2) is 5.97 Å². The fourth-order valence-corrected chi connectivity index (χ4v) is 0.177. The summed E-state index contributed by atoms with van der Waals surface area (Å²) in [6.07, 6.45) is 3.08. The van der Waals surface area contributed by atoms with Crippen molar-refractivity contribution in [2.45, 2.75) is 13.8 Å². The first-order chi connectivity index (χ1) is 3.27. The normalized spacial score (nSPS) is 13.3. The quantitative estimate of drug-likeness (QED) is 0.447. The Hall–Kier alpha value is -0.660. The predicted molar refractivity (Wildman–Crippen MR) is 29.0 cm³/mol. The zero-order valence-electron chi connectivity index (χ0n) is 4.48. The number of hydrogen-bond acceptors (Lipinski definition) is 1. The molecule has 0 aliphatic carbocycles. The van der Waals surface area contributed by atoms with Crippen molar-refractivity contribution in [3.05, 3.63) is 12.3 Å². The standard InChI is InChI=1S/C5H8FN/c1-3-4-7-5(2)6/h3-4H,1-2H3/b4-3-,7-5?. The maximum absolute atomic E-state index is 11.6. The molecule has 0 amide bonds. The number of nitrogens with zero attached hydrogens (tertiary/aromatic N) is 1. The molecule has 0 atom stereocenters. The van der Waals surface area contributed by atoms with Crippen molar-refractivity contribution >= 4 is 5.97 Å². The lowest BCUT2D eigenvalue weighted by atomic mass is 10.7. The van der Waals surface area contributed by atoms with Crippen molar-refractivity contribution in [3.8, 4) is 0 Å². The van der Waals surface area contributed by atoms with Gasteiger partial charge in [-0.1, -0.05) is 6.08 Å². The Morgan fingerprint density at radius 1 is 1.71 bits per heavy atom. The Morgan fingerprint density at radius 3 is 2.43 bits per heavy atom. The van der Waals surface area contributed by atoms with Crippen LogP contribution in [0.5, 0.6) is 0 Å². The summed E-state index contributed by atoms with van der Waals surface area (Å²) in [5.41, 5.74) is 0. The van der Waals surface area contributed by atoms with E-state index in [1.807, 2.05) is 0 Å². The predicted octanol–water partition coefficient (Wildman–Crippen LogP) is 1.91. The van der Waals surface area contributed by atoms with Crippen LogP contribution in [0.1, 0.15) is 13.8 Å². The van der Waals surface area contributed by atoms with Crippen LogP contribution in [0.15, 0.2) is 17.3 Å². The molecular formula is C5H8FN. The largest absolute Gasteiger partial charge is 0.233 e. The third-order valence-corrected chi connectivity index (χ3v) is 0.402. The molecular weight excluding hydrogens is 93.1 g/mol. The first-order valence-electron chi connectivity index (χ1n) is 2.08. The first-order valence-corrected chi connectivity index (χ1v) is 2.08. The summed E-state index contributed by atoms with van der Waals surface area (Å²) < 4.78 is 11.6. The van der Waals surface area contributed by atoms with Crippen LogP contribution in [0.3, 0.4) is 0 Å². The van der Waals surface area contributed by atoms with Gasteiger partial charge in [0.25, 0.3) is 0 Å². The molecule has 0 aromatic rings. The molecule has 40 valence electrons. The van der Waals surface area contributed by atoms with E-state index in [1.165, 1.54) is 13.1 Å². The van der Waals surface area contributed by atoms with Crippen LogP contribution < -0.4 is 0 Å². The zero-order valence-corrected chi connectivity index (χ0v) is 4.48. The van der Waals surface area contributed by atoms with Crippen molar-refractivity contribution < 1.29 is 4.39 Å². The van der Waals surface area contributed by atoms with Gasteiger partial charge in [0.2, 0.25) is 0 Å². The molecule has 0 aliphatic heterocycles. The molecule has 0 saturated heterocycles. The lowest BCUT2D eigenvalue weighted by Gasteiger charge is -1.73. The van der Waals surface area contributed by atoms with E-state index < -0.39 is 5.97 Å². The number of rotatable bonds is 1. The van der Waals surface area contributed by atoms with Crippen LogP contribution >= 0.6 is 0 Å². The Kier molecular flexibility index (Phi) is 3.19. The Bertz CT molecular complexity index is 90.3. The molecule has 0 heterocycles. The Labute approximate surface area is 42.6 Å². The highest BCUT2D eigenvalue weighted by Crippen LogP contribution is 1.78. The van der Waals surface area contributed by atoms with Gasteiger partial charge in [0.05, 0.1) is 0 Å². The molecule has 0 aromatic heterocycles. The molecule has 0 saturated carbocycles. The van der Waals surface area contributed by atoms with Gasteiger partial charge in [0, 0.05) is 13.1 Å². The minimum atomic E-state index is -0.405. The monoisotopic (exact) mass is 101 g/mol. The summed E-state index contributed by atoms with van der Waals surface area (Å²) in [6.45, 7) is 3.09. The molecule has 0 aromatic carbocycles. The zero-order chi connectivity index (χ0) is 5.70. The second-order valence-corrected chi connectivity index (χ2v) is 1.11. The van der Waals surface area contributed by atoms with Crippen LogP contribution in [-0.2, 0) is 0 Å². The van der Waals surface area contributed by atoms with E-state index in [0.717, 1.165) is 0 Å². The van der Waals surface area contributed by atoms with E-state index in [-0.39, 0.29) is 0 Å². The van der Waals surface area contributed by atoms with Gasteiger partial charge in [-0.05, 0) is 6.92 Å². The summed E-state index contributed by atoms with van der Waals surface area (Å²) in [7, 11) is 0. The molecule has 0 bridgehead atoms. The van der Waals surface area contributed by atoms with Crippen LogP contribution in [0.2, 0.25) is 0 Å². The van der Waals surface area contributed by atoms with E-state index in [2.05, 4.69) is 4.99 Å². The highest BCUT2D eigenvalue weighted by Gasteiger charge is 1.72. The molecule has 2 heteroatoms. The third kappa shape index (κ3) is 5.34. The summed E-state index contributed by atoms with van der Waals surface area (Å²) in [6, 6.07) is 0. The van der Waals surface area contributed by atoms with Crippen LogP contribution in [0.25, 0.3) is 0 Å². The van der Waals surface area contributed by atoms with E-state index in [0.29, 0.717) is 0 Å². The minimum Gasteiger partial charge on any atom is -0.233 e. The fraction of sp³-hybridized carbons (Fsp3) is 0.400. The van der Waals surface area contributed by atoms with Gasteiger partial charge in [-0.25, -0.2) is 4.99 Å². The number of halogens is 1. The summed E-state index contributed by atoms with van der Waals surface area (Å²) >= 11 is 0. The maximum Gasteiger partial charge on any atom is 0.185 e. The second-order valence-electron chi connectivity index (χ2n) is 1.11. The van der Waals surface area contributed by atoms with Crippen molar-refractivity contribution in [2.24, 2.45) is 4.99 Å². The molecule has 0 spiro atoms. The van der Waals surface area contributed by atoms with Crippen molar-refractivity contribution in [2.75, 3.05) is 0 Å². The average Bonchev–Trinajstić information content (AvgIpc) is 1.61. The highest BCUT2D eigenvalue weighted by atomic mass is 19.1. The minimum absolute atomic E-state index is 0.405. The molecule has 0 N–H and O–H groups in total. The second kappa shape index (κ2) is 3.53. The highest BCUT2D eigenvalue weighted by molar-refractivity contribution is 5.72. The topological polar surface area (TPSA) is 12.4 Å². The number of aliphatic imine (C=N–C) groups is 1. The number of hydrogen-bond donors (Lipinski definition) is 0. The van der Waals surface area contributed by atoms with Crippen LogP contribution in [0, 0.1) is 0 Å². The molecule has 0 rings (SSSR count). The van der Waals surface area contributed by atoms with Crippen molar-refractivity contribution in [3.63, 3.8) is 0 Å². The lowest BCUT2D eigenvalue weighted by Crippen LogP contribution is -1.70. The molecule has 0 radical (unpaired) electrons. The van der Waals surface area contributed by atoms with Gasteiger partial charge in [-0.3, -0.25) is 0 Å². The van der Waals surface area contributed by atoms with E-state index in [9.17, 15) is 4.39 Å². The fourth-order valence-electron chi connectivity index (χ4n) is 0.177. The number of allylic oxidation sites excluding steroid dienone is 1. The van der Waals surface area contributed by atoms with Gasteiger partial charge in [-0.2, -0.15) is 4.39 Å². The maximum atomic E-state index is 11.6. The van der Waals surface area contributed by atoms with Gasteiger partial charge >= 0.3 is 0 Å². The first kappa shape index (κ1) is 6.34. The average molecular weight is 101 g/mol. The summed E-state index contributed by atoms with van der Waals surface area (Å²) in [5, 5.41) is 0. The Morgan fingerprint density at radius 2 is 2.29 bits per heavy atom. The molecule has 1 nitrogen and oxygen atoms in total. The summed E-state index contributed by atoms with van der Waals surface area (Å²) in [5.74, 6) is -0.405. The van der Waals surface area contributed by atoms with E-state index in [1.54, 1.807) is 13.0 Å². The Balaban J connectivity index is 3.46. The van der Waals surface area contributed by atoms with E-state index in [4.69, 9.17) is 0 Å². The molecule has 0 unspecified atom stereocenters. The lowest BCUT2D eigenvalue weighted by molar-refractivity contribution is 0.798. The summed E-state index contributed by atoms with van der Waals surface area (Å²) in [4.78, 5) is 3.31. The van der Waals surface area contributed by atoms with Gasteiger partial charge in [-0.15, -0.1) is 0 Å². The smallest absolute Gasteiger partial charge is 0.185 e. The van der Waals surface area contributed by atoms with Gasteiger partial charge < -0.3 is 0 Å². The van der Waals surface area contributed by atoms with Gasteiger partial charge in [0.1, 0.15) is 0 Å². The third-order valence-electron chi connectivity index (χ3n) is 0.402. The van der Waals surface area contributed by atoms with Crippen molar-refractivity contribution in [1.29, 1.82) is 0 Å². The molecule has 0 fully saturated rings. The van der Waals surface area contributed by atoms with Crippen LogP contribution in [0.4, 0.5) is 4.39 Å². The van der Waals surface area contributed by atoms with Crippen molar-refractivity contribution in [1.82, 2.24) is 0 Å². The SMILES string of the molecule is C/C=C\N=C(C)F.